The van der Waals surface area contributed by atoms with Gasteiger partial charge in [-0.25, -0.2) is 4.79 Å². The quantitative estimate of drug-likeness (QED) is 0.636. The second-order valence-electron chi connectivity index (χ2n) is 8.06. The van der Waals surface area contributed by atoms with Crippen LogP contribution in [0.2, 0.25) is 0 Å². The van der Waals surface area contributed by atoms with Crippen LogP contribution in [-0.4, -0.2) is 42.3 Å². The molecule has 0 spiro atoms. The highest BCUT2D eigenvalue weighted by Crippen LogP contribution is 2.26. The standard InChI is InChI=1S/C24H26N4O4/c1-15-10-17(18-6-7-21-20(12-18)28(2)24(30)32-21)5-4-16(15)11-19(13-25)27-23(29)22-14-26-8-3-9-31-22/h4-7,10,12,19,22,26H,3,8-9,11,14H2,1-2H3,(H,27,29). The first-order chi connectivity index (χ1) is 15.5. The van der Waals surface area contributed by atoms with Gasteiger partial charge in [-0.05, 0) is 54.3 Å². The fraction of sp³-hybridized carbons (Fsp3) is 0.375. The highest BCUT2D eigenvalue weighted by atomic mass is 16.5. The van der Waals surface area contributed by atoms with Crippen molar-refractivity contribution >= 4 is 17.0 Å². The maximum atomic E-state index is 12.5. The fourth-order valence-corrected chi connectivity index (χ4v) is 3.91. The molecular weight excluding hydrogens is 408 g/mol. The Kier molecular flexibility index (Phi) is 6.40. The number of aryl methyl sites for hydroxylation is 2. The van der Waals surface area contributed by atoms with Crippen LogP contribution in [0.15, 0.2) is 45.6 Å². The lowest BCUT2D eigenvalue weighted by Crippen LogP contribution is -2.46. The average molecular weight is 434 g/mol. The molecule has 1 fully saturated rings. The van der Waals surface area contributed by atoms with E-state index in [0.29, 0.717) is 25.2 Å². The van der Waals surface area contributed by atoms with E-state index in [0.717, 1.165) is 40.7 Å². The third-order valence-electron chi connectivity index (χ3n) is 5.80. The van der Waals surface area contributed by atoms with Crippen molar-refractivity contribution in [3.8, 4) is 17.2 Å². The van der Waals surface area contributed by atoms with E-state index in [1.54, 1.807) is 13.1 Å². The van der Waals surface area contributed by atoms with Gasteiger partial charge in [0.1, 0.15) is 12.1 Å². The summed E-state index contributed by atoms with van der Waals surface area (Å²) in [6, 6.07) is 13.2. The number of aromatic nitrogens is 1. The van der Waals surface area contributed by atoms with Gasteiger partial charge in [0, 0.05) is 26.6 Å². The molecule has 8 nitrogen and oxygen atoms in total. The Morgan fingerprint density at radius 3 is 2.88 bits per heavy atom. The van der Waals surface area contributed by atoms with E-state index in [1.165, 1.54) is 4.57 Å². The minimum Gasteiger partial charge on any atom is -0.408 e. The minimum absolute atomic E-state index is 0.265. The zero-order chi connectivity index (χ0) is 22.7. The molecule has 0 bridgehead atoms. The average Bonchev–Trinajstić information content (AvgIpc) is 2.97. The zero-order valence-corrected chi connectivity index (χ0v) is 18.2. The molecule has 2 unspecified atom stereocenters. The number of hydrogen-bond donors (Lipinski definition) is 2. The molecule has 1 aliphatic heterocycles. The van der Waals surface area contributed by atoms with Crippen molar-refractivity contribution in [3.05, 3.63) is 58.1 Å². The van der Waals surface area contributed by atoms with Crippen molar-refractivity contribution in [3.63, 3.8) is 0 Å². The molecule has 0 radical (unpaired) electrons. The van der Waals surface area contributed by atoms with Crippen LogP contribution in [0.1, 0.15) is 17.5 Å². The summed E-state index contributed by atoms with van der Waals surface area (Å²) in [5, 5.41) is 15.6. The van der Waals surface area contributed by atoms with E-state index >= 15 is 0 Å². The van der Waals surface area contributed by atoms with Crippen LogP contribution in [-0.2, 0) is 23.0 Å². The molecule has 1 amide bonds. The number of fused-ring (bicyclic) bond motifs is 1. The number of amides is 1. The molecule has 2 aromatic carbocycles. The molecule has 8 heteroatoms. The summed E-state index contributed by atoms with van der Waals surface area (Å²) in [7, 11) is 1.68. The van der Waals surface area contributed by atoms with Crippen molar-refractivity contribution in [1.29, 1.82) is 5.26 Å². The van der Waals surface area contributed by atoms with Crippen LogP contribution in [0.4, 0.5) is 0 Å². The zero-order valence-electron chi connectivity index (χ0n) is 18.2. The SMILES string of the molecule is Cc1cc(-c2ccc3oc(=O)n(C)c3c2)ccc1CC(C#N)NC(=O)C1CNCCCO1. The number of nitrogens with one attached hydrogen (secondary N) is 2. The molecule has 2 atom stereocenters. The van der Waals surface area contributed by atoms with E-state index in [-0.39, 0.29) is 5.91 Å². The van der Waals surface area contributed by atoms with Crippen LogP contribution in [0.3, 0.4) is 0 Å². The molecule has 2 N–H and O–H groups in total. The minimum atomic E-state index is -0.643. The lowest BCUT2D eigenvalue weighted by molar-refractivity contribution is -0.132. The van der Waals surface area contributed by atoms with Crippen molar-refractivity contribution in [2.45, 2.75) is 31.9 Å². The predicted molar refractivity (Wildman–Crippen MR) is 120 cm³/mol. The summed E-state index contributed by atoms with van der Waals surface area (Å²) in [5.74, 6) is -0.655. The third kappa shape index (κ3) is 4.59. The summed E-state index contributed by atoms with van der Waals surface area (Å²) in [5.41, 5.74) is 5.25. The molecule has 2 heterocycles. The maximum Gasteiger partial charge on any atom is 0.419 e. The predicted octanol–water partition coefficient (Wildman–Crippen LogP) is 2.04. The Bertz CT molecular complexity index is 1230. The van der Waals surface area contributed by atoms with Gasteiger partial charge in [-0.3, -0.25) is 9.36 Å². The number of oxazole rings is 1. The van der Waals surface area contributed by atoms with Gasteiger partial charge in [-0.1, -0.05) is 24.3 Å². The van der Waals surface area contributed by atoms with Gasteiger partial charge in [0.25, 0.3) is 5.91 Å². The number of rotatable bonds is 5. The number of carbonyl (C=O) groups excluding carboxylic acids is 1. The normalized spacial score (nSPS) is 17.5. The molecular formula is C24H26N4O4. The highest BCUT2D eigenvalue weighted by Gasteiger charge is 2.23. The van der Waals surface area contributed by atoms with Crippen LogP contribution in [0.25, 0.3) is 22.2 Å². The van der Waals surface area contributed by atoms with Crippen LogP contribution < -0.4 is 16.4 Å². The Morgan fingerprint density at radius 1 is 1.31 bits per heavy atom. The second-order valence-corrected chi connectivity index (χ2v) is 8.06. The largest absolute Gasteiger partial charge is 0.419 e. The van der Waals surface area contributed by atoms with Crippen LogP contribution in [0.5, 0.6) is 0 Å². The Hall–Kier alpha value is -3.41. The number of hydrogen-bond acceptors (Lipinski definition) is 6. The van der Waals surface area contributed by atoms with Gasteiger partial charge >= 0.3 is 5.76 Å². The van der Waals surface area contributed by atoms with E-state index in [1.807, 2.05) is 37.3 Å². The Balaban J connectivity index is 1.49. The molecule has 1 saturated heterocycles. The summed E-state index contributed by atoms with van der Waals surface area (Å²) in [6.45, 7) is 3.78. The van der Waals surface area contributed by atoms with E-state index in [2.05, 4.69) is 16.7 Å². The Morgan fingerprint density at radius 2 is 2.09 bits per heavy atom. The van der Waals surface area contributed by atoms with Gasteiger partial charge < -0.3 is 19.8 Å². The first kappa shape index (κ1) is 21.8. The van der Waals surface area contributed by atoms with E-state index in [4.69, 9.17) is 9.15 Å². The van der Waals surface area contributed by atoms with Crippen molar-refractivity contribution in [2.24, 2.45) is 7.05 Å². The number of carbonyl (C=O) groups is 1. The van der Waals surface area contributed by atoms with Crippen molar-refractivity contribution in [1.82, 2.24) is 15.2 Å². The number of nitriles is 1. The summed E-state index contributed by atoms with van der Waals surface area (Å²) >= 11 is 0. The van der Waals surface area contributed by atoms with Gasteiger partial charge in [0.05, 0.1) is 11.6 Å². The van der Waals surface area contributed by atoms with Gasteiger partial charge in [0.15, 0.2) is 5.58 Å². The van der Waals surface area contributed by atoms with Crippen molar-refractivity contribution in [2.75, 3.05) is 19.7 Å². The third-order valence-corrected chi connectivity index (χ3v) is 5.80. The van der Waals surface area contributed by atoms with Crippen molar-refractivity contribution < 1.29 is 13.9 Å². The van der Waals surface area contributed by atoms with Crippen LogP contribution >= 0.6 is 0 Å². The molecule has 1 aromatic heterocycles. The van der Waals surface area contributed by atoms with E-state index < -0.39 is 17.9 Å². The highest BCUT2D eigenvalue weighted by molar-refractivity contribution is 5.82. The van der Waals surface area contributed by atoms with E-state index in [9.17, 15) is 14.9 Å². The topological polar surface area (TPSA) is 109 Å². The number of ether oxygens (including phenoxy) is 1. The Labute approximate surface area is 185 Å². The van der Waals surface area contributed by atoms with Gasteiger partial charge in [0.2, 0.25) is 0 Å². The molecule has 4 rings (SSSR count). The molecule has 0 saturated carbocycles. The summed E-state index contributed by atoms with van der Waals surface area (Å²) in [6.07, 6.45) is 0.690. The smallest absolute Gasteiger partial charge is 0.408 e. The fourth-order valence-electron chi connectivity index (χ4n) is 3.91. The summed E-state index contributed by atoms with van der Waals surface area (Å²) < 4.78 is 12.3. The molecule has 1 aliphatic rings. The molecule has 166 valence electrons. The maximum absolute atomic E-state index is 12.5. The van der Waals surface area contributed by atoms with Gasteiger partial charge in [-0.15, -0.1) is 0 Å². The molecule has 32 heavy (non-hydrogen) atoms. The first-order valence-corrected chi connectivity index (χ1v) is 10.7. The first-order valence-electron chi connectivity index (χ1n) is 10.7. The van der Waals surface area contributed by atoms with Gasteiger partial charge in [-0.2, -0.15) is 5.26 Å². The lowest BCUT2D eigenvalue weighted by atomic mass is 9.96. The molecule has 3 aromatic rings. The second kappa shape index (κ2) is 9.39. The number of benzene rings is 2. The number of nitrogens with zero attached hydrogens (tertiary/aromatic N) is 2. The van der Waals surface area contributed by atoms with Crippen LogP contribution in [0, 0.1) is 18.3 Å². The lowest BCUT2D eigenvalue weighted by Gasteiger charge is -2.18. The monoisotopic (exact) mass is 434 g/mol. The molecule has 0 aliphatic carbocycles. The summed E-state index contributed by atoms with van der Waals surface area (Å²) in [4.78, 5) is 24.3.